The molecule has 2 aromatic rings. The van der Waals surface area contributed by atoms with Gasteiger partial charge < -0.3 is 19.6 Å². The molecule has 2 heterocycles. The molecule has 0 fully saturated rings. The third-order valence-electron chi connectivity index (χ3n) is 2.95. The summed E-state index contributed by atoms with van der Waals surface area (Å²) in [6.45, 7) is 6.13. The van der Waals surface area contributed by atoms with Crippen molar-refractivity contribution in [3.05, 3.63) is 35.9 Å². The molecule has 0 aliphatic heterocycles. The molecule has 128 valence electrons. The van der Waals surface area contributed by atoms with Crippen molar-refractivity contribution in [1.82, 2.24) is 20.8 Å². The summed E-state index contributed by atoms with van der Waals surface area (Å²) < 4.78 is 10.4. The second kappa shape index (κ2) is 11.0. The quantitative estimate of drug-likeness (QED) is 0.288. The van der Waals surface area contributed by atoms with Crippen molar-refractivity contribution in [2.75, 3.05) is 13.1 Å². The summed E-state index contributed by atoms with van der Waals surface area (Å²) in [6, 6.07) is 3.78. The van der Waals surface area contributed by atoms with Gasteiger partial charge in [-0.1, -0.05) is 12.1 Å². The zero-order chi connectivity index (χ0) is 15.6. The molecule has 0 aliphatic rings. The SMILES string of the molecule is CCCNC(=NCc1ccco1)NCCCc1nc(C)no1.I. The third-order valence-corrected chi connectivity index (χ3v) is 2.95. The monoisotopic (exact) mass is 433 g/mol. The van der Waals surface area contributed by atoms with E-state index in [2.05, 4.69) is 32.7 Å². The molecule has 0 radical (unpaired) electrons. The van der Waals surface area contributed by atoms with Gasteiger partial charge in [-0.05, 0) is 31.9 Å². The van der Waals surface area contributed by atoms with Crippen LogP contribution in [0, 0.1) is 6.92 Å². The van der Waals surface area contributed by atoms with E-state index in [4.69, 9.17) is 8.94 Å². The van der Waals surface area contributed by atoms with Gasteiger partial charge in [0.2, 0.25) is 5.89 Å². The predicted molar refractivity (Wildman–Crippen MR) is 98.9 cm³/mol. The van der Waals surface area contributed by atoms with Crippen molar-refractivity contribution in [3.63, 3.8) is 0 Å². The fourth-order valence-electron chi connectivity index (χ4n) is 1.87. The molecule has 0 atom stereocenters. The standard InChI is InChI=1S/C15H23N5O2.HI/c1-3-8-16-15(18-11-13-6-5-10-21-13)17-9-4-7-14-19-12(2)20-22-14;/h5-6,10H,3-4,7-9,11H2,1-2H3,(H2,16,17,18);1H. The van der Waals surface area contributed by atoms with E-state index in [-0.39, 0.29) is 24.0 Å². The van der Waals surface area contributed by atoms with E-state index in [1.54, 1.807) is 6.26 Å². The van der Waals surface area contributed by atoms with E-state index in [1.807, 2.05) is 19.1 Å². The van der Waals surface area contributed by atoms with Gasteiger partial charge >= 0.3 is 0 Å². The largest absolute Gasteiger partial charge is 0.467 e. The predicted octanol–water partition coefficient (Wildman–Crippen LogP) is 2.67. The minimum absolute atomic E-state index is 0. The fraction of sp³-hybridized carbons (Fsp3) is 0.533. The number of aliphatic imine (C=N–C) groups is 1. The summed E-state index contributed by atoms with van der Waals surface area (Å²) in [5, 5.41) is 10.4. The molecular formula is C15H24IN5O2. The summed E-state index contributed by atoms with van der Waals surface area (Å²) in [4.78, 5) is 8.68. The minimum Gasteiger partial charge on any atom is -0.467 e. The Hall–Kier alpha value is -1.58. The zero-order valence-electron chi connectivity index (χ0n) is 13.5. The molecule has 8 heteroatoms. The number of halogens is 1. The smallest absolute Gasteiger partial charge is 0.226 e. The van der Waals surface area contributed by atoms with Crippen LogP contribution in [0.15, 0.2) is 32.3 Å². The van der Waals surface area contributed by atoms with Gasteiger partial charge in [0, 0.05) is 19.5 Å². The lowest BCUT2D eigenvalue weighted by atomic mass is 10.3. The lowest BCUT2D eigenvalue weighted by molar-refractivity contribution is 0.372. The third kappa shape index (κ3) is 7.49. The van der Waals surface area contributed by atoms with E-state index in [9.17, 15) is 0 Å². The van der Waals surface area contributed by atoms with Crippen LogP contribution >= 0.6 is 24.0 Å². The van der Waals surface area contributed by atoms with Crippen molar-refractivity contribution < 1.29 is 8.94 Å². The molecule has 0 aliphatic carbocycles. The van der Waals surface area contributed by atoms with Crippen LogP contribution in [0.5, 0.6) is 0 Å². The van der Waals surface area contributed by atoms with Crippen LogP contribution in [0.3, 0.4) is 0 Å². The Kier molecular flexibility index (Phi) is 9.34. The Labute approximate surface area is 153 Å². The van der Waals surface area contributed by atoms with Gasteiger partial charge in [0.1, 0.15) is 12.3 Å². The van der Waals surface area contributed by atoms with Crippen molar-refractivity contribution >= 4 is 29.9 Å². The maximum Gasteiger partial charge on any atom is 0.226 e. The molecular weight excluding hydrogens is 409 g/mol. The van der Waals surface area contributed by atoms with E-state index in [0.29, 0.717) is 18.3 Å². The van der Waals surface area contributed by atoms with Crippen molar-refractivity contribution in [3.8, 4) is 0 Å². The van der Waals surface area contributed by atoms with Crippen molar-refractivity contribution in [1.29, 1.82) is 0 Å². The number of rotatable bonds is 8. The van der Waals surface area contributed by atoms with Crippen LogP contribution in [0.25, 0.3) is 0 Å². The number of aromatic nitrogens is 2. The molecule has 2 rings (SSSR count). The maximum atomic E-state index is 5.28. The Morgan fingerprint density at radius 3 is 2.78 bits per heavy atom. The average molecular weight is 433 g/mol. The first-order chi connectivity index (χ1) is 10.8. The van der Waals surface area contributed by atoms with Gasteiger partial charge in [-0.25, -0.2) is 4.99 Å². The summed E-state index contributed by atoms with van der Waals surface area (Å²) in [7, 11) is 0. The van der Waals surface area contributed by atoms with Crippen molar-refractivity contribution in [2.24, 2.45) is 4.99 Å². The highest BCUT2D eigenvalue weighted by Gasteiger charge is 2.03. The zero-order valence-corrected chi connectivity index (χ0v) is 15.9. The molecule has 0 unspecified atom stereocenters. The highest BCUT2D eigenvalue weighted by molar-refractivity contribution is 14.0. The topological polar surface area (TPSA) is 88.5 Å². The first-order valence-corrected chi connectivity index (χ1v) is 7.61. The minimum atomic E-state index is 0. The molecule has 2 N–H and O–H groups in total. The van der Waals surface area contributed by atoms with E-state index in [0.717, 1.165) is 44.1 Å². The van der Waals surface area contributed by atoms with Gasteiger partial charge in [-0.15, -0.1) is 24.0 Å². The lowest BCUT2D eigenvalue weighted by Crippen LogP contribution is -2.38. The first-order valence-electron chi connectivity index (χ1n) is 7.61. The van der Waals surface area contributed by atoms with E-state index in [1.165, 1.54) is 0 Å². The number of hydrogen-bond donors (Lipinski definition) is 2. The van der Waals surface area contributed by atoms with Crippen LogP contribution in [0.1, 0.15) is 37.2 Å². The van der Waals surface area contributed by atoms with E-state index >= 15 is 0 Å². The molecule has 0 bridgehead atoms. The number of furan rings is 1. The Balaban J connectivity index is 0.00000264. The van der Waals surface area contributed by atoms with Crippen molar-refractivity contribution in [2.45, 2.75) is 39.7 Å². The molecule has 0 saturated carbocycles. The average Bonchev–Trinajstić information content (AvgIpc) is 3.17. The van der Waals surface area contributed by atoms with Gasteiger partial charge in [-0.3, -0.25) is 0 Å². The Bertz CT molecular complexity index is 568. The molecule has 0 spiro atoms. The molecule has 0 saturated heterocycles. The summed E-state index contributed by atoms with van der Waals surface area (Å²) in [6.07, 6.45) is 4.36. The van der Waals surface area contributed by atoms with Gasteiger partial charge in [0.05, 0.1) is 6.26 Å². The van der Waals surface area contributed by atoms with Crippen LogP contribution in [-0.4, -0.2) is 29.2 Å². The number of guanidine groups is 1. The Morgan fingerprint density at radius 1 is 1.30 bits per heavy atom. The number of hydrogen-bond acceptors (Lipinski definition) is 5. The van der Waals surface area contributed by atoms with Gasteiger partial charge in [-0.2, -0.15) is 4.98 Å². The normalized spacial score (nSPS) is 11.1. The molecule has 2 aromatic heterocycles. The molecule has 7 nitrogen and oxygen atoms in total. The number of nitrogens with one attached hydrogen (secondary N) is 2. The second-order valence-electron chi connectivity index (χ2n) is 4.94. The molecule has 0 aromatic carbocycles. The highest BCUT2D eigenvalue weighted by atomic mass is 127. The summed E-state index contributed by atoms with van der Waals surface area (Å²) in [5.74, 6) is 2.99. The fourth-order valence-corrected chi connectivity index (χ4v) is 1.87. The molecule has 23 heavy (non-hydrogen) atoms. The number of nitrogens with zero attached hydrogens (tertiary/aromatic N) is 3. The maximum absolute atomic E-state index is 5.28. The summed E-state index contributed by atoms with van der Waals surface area (Å²) in [5.41, 5.74) is 0. The van der Waals surface area contributed by atoms with Crippen LogP contribution in [0.2, 0.25) is 0 Å². The van der Waals surface area contributed by atoms with Crippen LogP contribution in [-0.2, 0) is 13.0 Å². The molecule has 0 amide bonds. The lowest BCUT2D eigenvalue weighted by Gasteiger charge is -2.11. The van der Waals surface area contributed by atoms with Crippen LogP contribution in [0.4, 0.5) is 0 Å². The Morgan fingerprint density at radius 2 is 2.13 bits per heavy atom. The first kappa shape index (κ1) is 19.5. The second-order valence-corrected chi connectivity index (χ2v) is 4.94. The highest BCUT2D eigenvalue weighted by Crippen LogP contribution is 2.01. The summed E-state index contributed by atoms with van der Waals surface area (Å²) >= 11 is 0. The number of aryl methyl sites for hydroxylation is 2. The van der Waals surface area contributed by atoms with Gasteiger partial charge in [0.15, 0.2) is 11.8 Å². The van der Waals surface area contributed by atoms with E-state index < -0.39 is 0 Å². The van der Waals surface area contributed by atoms with Gasteiger partial charge in [0.25, 0.3) is 0 Å². The van der Waals surface area contributed by atoms with Crippen LogP contribution < -0.4 is 10.6 Å².